The number of thioether (sulfide) groups is 1. The summed E-state index contributed by atoms with van der Waals surface area (Å²) in [5.74, 6) is 3.28. The molecule has 3 heteroatoms. The Morgan fingerprint density at radius 1 is 1.25 bits per heavy atom. The third-order valence-electron chi connectivity index (χ3n) is 4.78. The normalized spacial score (nSPS) is 24.6. The summed E-state index contributed by atoms with van der Waals surface area (Å²) < 4.78 is 0. The molecule has 0 spiro atoms. The number of fused-ring (bicyclic) bond motifs is 1. The maximum absolute atomic E-state index is 3.84. The molecule has 1 aromatic rings. The fourth-order valence-electron chi connectivity index (χ4n) is 3.37. The molecule has 1 N–H and O–H groups in total. The van der Waals surface area contributed by atoms with Crippen LogP contribution in [0.3, 0.4) is 0 Å². The summed E-state index contributed by atoms with van der Waals surface area (Å²) >= 11 is 2.07. The molecular formula is C17H26N2S. The van der Waals surface area contributed by atoms with Gasteiger partial charge in [0.25, 0.3) is 0 Å². The Hall–Kier alpha value is -0.510. The van der Waals surface area contributed by atoms with Crippen molar-refractivity contribution >= 4 is 11.8 Å². The van der Waals surface area contributed by atoms with E-state index >= 15 is 0 Å². The van der Waals surface area contributed by atoms with E-state index in [4.69, 9.17) is 0 Å². The van der Waals surface area contributed by atoms with Crippen molar-refractivity contribution in [1.29, 1.82) is 0 Å². The van der Waals surface area contributed by atoms with E-state index in [2.05, 4.69) is 53.2 Å². The number of nitrogens with zero attached hydrogens (tertiary/aromatic N) is 1. The molecule has 1 aromatic carbocycles. The van der Waals surface area contributed by atoms with Gasteiger partial charge in [0.05, 0.1) is 0 Å². The van der Waals surface area contributed by atoms with Crippen molar-refractivity contribution in [3.8, 4) is 0 Å². The van der Waals surface area contributed by atoms with Gasteiger partial charge in [-0.2, -0.15) is 11.8 Å². The van der Waals surface area contributed by atoms with Crippen molar-refractivity contribution in [3.63, 3.8) is 0 Å². The number of hydrogen-bond donors (Lipinski definition) is 1. The molecule has 1 unspecified atom stereocenters. The van der Waals surface area contributed by atoms with Crippen molar-refractivity contribution in [2.75, 3.05) is 31.9 Å². The molecule has 1 atom stereocenters. The van der Waals surface area contributed by atoms with Crippen LogP contribution in [0, 0.1) is 5.92 Å². The lowest BCUT2D eigenvalue weighted by molar-refractivity contribution is 0.188. The zero-order valence-electron chi connectivity index (χ0n) is 12.5. The SMILES string of the molecule is CCN1CCC(CNC2CSCc3ccccc32)CC1. The average Bonchev–Trinajstić information content (AvgIpc) is 2.53. The molecule has 3 rings (SSSR count). The highest BCUT2D eigenvalue weighted by molar-refractivity contribution is 7.98. The number of hydrogen-bond acceptors (Lipinski definition) is 3. The summed E-state index contributed by atoms with van der Waals surface area (Å²) in [7, 11) is 0. The topological polar surface area (TPSA) is 15.3 Å². The second-order valence-electron chi connectivity index (χ2n) is 6.05. The summed E-state index contributed by atoms with van der Waals surface area (Å²) in [4.78, 5) is 2.57. The summed E-state index contributed by atoms with van der Waals surface area (Å²) in [6, 6.07) is 9.52. The minimum absolute atomic E-state index is 0.564. The van der Waals surface area contributed by atoms with Gasteiger partial charge in [-0.25, -0.2) is 0 Å². The Balaban J connectivity index is 1.52. The molecule has 0 amide bonds. The lowest BCUT2D eigenvalue weighted by Gasteiger charge is -2.33. The second kappa shape index (κ2) is 6.97. The summed E-state index contributed by atoms with van der Waals surface area (Å²) in [5.41, 5.74) is 3.07. The fraction of sp³-hybridized carbons (Fsp3) is 0.647. The Morgan fingerprint density at radius 2 is 2.05 bits per heavy atom. The molecule has 2 aliphatic rings. The largest absolute Gasteiger partial charge is 0.309 e. The molecule has 0 saturated carbocycles. The molecule has 2 heterocycles. The zero-order chi connectivity index (χ0) is 13.8. The van der Waals surface area contributed by atoms with Crippen LogP contribution >= 0.6 is 11.8 Å². The third-order valence-corrected chi connectivity index (χ3v) is 5.86. The number of piperidine rings is 1. The Labute approximate surface area is 127 Å². The summed E-state index contributed by atoms with van der Waals surface area (Å²) in [6.45, 7) is 7.26. The third kappa shape index (κ3) is 3.38. The van der Waals surface area contributed by atoms with Crippen LogP contribution in [0.4, 0.5) is 0 Å². The molecule has 2 nitrogen and oxygen atoms in total. The standard InChI is InChI=1S/C17H26N2S/c1-2-19-9-7-14(8-10-19)11-18-17-13-20-12-15-5-3-4-6-16(15)17/h3-6,14,17-18H,2,7-13H2,1H3. The van der Waals surface area contributed by atoms with Crippen LogP contribution in [-0.4, -0.2) is 36.8 Å². The first-order chi connectivity index (χ1) is 9.86. The van der Waals surface area contributed by atoms with E-state index < -0.39 is 0 Å². The molecule has 2 aliphatic heterocycles. The van der Waals surface area contributed by atoms with Crippen LogP contribution < -0.4 is 5.32 Å². The van der Waals surface area contributed by atoms with Gasteiger partial charge in [0.1, 0.15) is 0 Å². The van der Waals surface area contributed by atoms with Crippen molar-refractivity contribution < 1.29 is 0 Å². The van der Waals surface area contributed by atoms with Crippen LogP contribution in [0.2, 0.25) is 0 Å². The molecular weight excluding hydrogens is 264 g/mol. The molecule has 110 valence electrons. The number of benzene rings is 1. The lowest BCUT2D eigenvalue weighted by atomic mass is 9.95. The number of likely N-dealkylation sites (tertiary alicyclic amines) is 1. The minimum atomic E-state index is 0.564. The van der Waals surface area contributed by atoms with Crippen molar-refractivity contribution in [1.82, 2.24) is 10.2 Å². The van der Waals surface area contributed by atoms with Crippen molar-refractivity contribution in [2.45, 2.75) is 31.6 Å². The first-order valence-electron chi connectivity index (χ1n) is 7.98. The monoisotopic (exact) mass is 290 g/mol. The molecule has 0 bridgehead atoms. The van der Waals surface area contributed by atoms with Gasteiger partial charge in [-0.3, -0.25) is 0 Å². The van der Waals surface area contributed by atoms with Crippen LogP contribution in [-0.2, 0) is 5.75 Å². The van der Waals surface area contributed by atoms with Crippen molar-refractivity contribution in [3.05, 3.63) is 35.4 Å². The van der Waals surface area contributed by atoms with Crippen LogP contribution in [0.1, 0.15) is 36.9 Å². The smallest absolute Gasteiger partial charge is 0.0415 e. The maximum Gasteiger partial charge on any atom is 0.0415 e. The Bertz CT molecular complexity index is 427. The summed E-state index contributed by atoms with van der Waals surface area (Å²) in [5, 5.41) is 3.84. The first-order valence-corrected chi connectivity index (χ1v) is 9.13. The van der Waals surface area contributed by atoms with E-state index in [-0.39, 0.29) is 0 Å². The van der Waals surface area contributed by atoms with E-state index in [0.29, 0.717) is 6.04 Å². The average molecular weight is 290 g/mol. The zero-order valence-corrected chi connectivity index (χ0v) is 13.3. The van der Waals surface area contributed by atoms with Crippen LogP contribution in [0.5, 0.6) is 0 Å². The fourth-order valence-corrected chi connectivity index (χ4v) is 4.50. The molecule has 0 aromatic heterocycles. The molecule has 20 heavy (non-hydrogen) atoms. The second-order valence-corrected chi connectivity index (χ2v) is 7.08. The maximum atomic E-state index is 3.84. The Morgan fingerprint density at radius 3 is 2.85 bits per heavy atom. The quantitative estimate of drug-likeness (QED) is 0.916. The minimum Gasteiger partial charge on any atom is -0.309 e. The van der Waals surface area contributed by atoms with E-state index in [1.807, 2.05) is 0 Å². The van der Waals surface area contributed by atoms with Gasteiger partial charge < -0.3 is 10.2 Å². The van der Waals surface area contributed by atoms with E-state index in [0.717, 1.165) is 5.92 Å². The van der Waals surface area contributed by atoms with Crippen molar-refractivity contribution in [2.24, 2.45) is 5.92 Å². The lowest BCUT2D eigenvalue weighted by Crippen LogP contribution is -2.38. The highest BCUT2D eigenvalue weighted by atomic mass is 32.2. The number of rotatable bonds is 4. The van der Waals surface area contributed by atoms with Gasteiger partial charge in [-0.15, -0.1) is 0 Å². The van der Waals surface area contributed by atoms with Gasteiger partial charge in [-0.05, 0) is 56.1 Å². The first kappa shape index (κ1) is 14.4. The van der Waals surface area contributed by atoms with Gasteiger partial charge >= 0.3 is 0 Å². The van der Waals surface area contributed by atoms with Gasteiger partial charge in [0, 0.05) is 17.5 Å². The van der Waals surface area contributed by atoms with Crippen LogP contribution in [0.15, 0.2) is 24.3 Å². The van der Waals surface area contributed by atoms with Gasteiger partial charge in [-0.1, -0.05) is 31.2 Å². The number of nitrogens with one attached hydrogen (secondary N) is 1. The highest BCUT2D eigenvalue weighted by Crippen LogP contribution is 2.31. The van der Waals surface area contributed by atoms with Gasteiger partial charge in [0.2, 0.25) is 0 Å². The predicted octanol–water partition coefficient (Wildman–Crippen LogP) is 3.30. The van der Waals surface area contributed by atoms with Crippen LogP contribution in [0.25, 0.3) is 0 Å². The van der Waals surface area contributed by atoms with E-state index in [1.165, 1.54) is 61.7 Å². The molecule has 0 aliphatic carbocycles. The van der Waals surface area contributed by atoms with E-state index in [1.54, 1.807) is 0 Å². The van der Waals surface area contributed by atoms with E-state index in [9.17, 15) is 0 Å². The Kier molecular flexibility index (Phi) is 5.03. The summed E-state index contributed by atoms with van der Waals surface area (Å²) in [6.07, 6.45) is 2.73. The molecule has 0 radical (unpaired) electrons. The predicted molar refractivity (Wildman–Crippen MR) is 88.2 cm³/mol. The highest BCUT2D eigenvalue weighted by Gasteiger charge is 2.22. The molecule has 1 fully saturated rings. The molecule has 1 saturated heterocycles. The van der Waals surface area contributed by atoms with Gasteiger partial charge in [0.15, 0.2) is 0 Å².